The zero-order valence-electron chi connectivity index (χ0n) is 11.5. The fourth-order valence-electron chi connectivity index (χ4n) is 2.10. The average Bonchev–Trinajstić information content (AvgIpc) is 3.00. The normalized spacial score (nSPS) is 13.8. The molecular weight excluding hydrogens is 306 g/mol. The molecule has 0 aliphatic carbocycles. The maximum absolute atomic E-state index is 14.2. The molecule has 0 radical (unpaired) electrons. The molecule has 2 aromatic rings. The summed E-state index contributed by atoms with van der Waals surface area (Å²) in [5.74, 6) is -0.670. The third kappa shape index (κ3) is 3.17. The summed E-state index contributed by atoms with van der Waals surface area (Å²) < 4.78 is 27.1. The number of hydrogen-bond donors (Lipinski definition) is 1. The van der Waals surface area contributed by atoms with Crippen molar-refractivity contribution in [2.24, 2.45) is 4.99 Å². The Morgan fingerprint density at radius 3 is 2.45 bits per heavy atom. The number of hydrogen-bond acceptors (Lipinski definition) is 3. The van der Waals surface area contributed by atoms with Gasteiger partial charge in [-0.3, -0.25) is 9.79 Å². The number of nitrogens with one attached hydrogen (secondary N) is 1. The number of nitrogens with zero attached hydrogens (tertiary/aromatic N) is 1. The molecule has 1 heterocycles. The van der Waals surface area contributed by atoms with Crippen molar-refractivity contribution in [1.82, 2.24) is 5.32 Å². The number of amidine groups is 1. The second kappa shape index (κ2) is 6.27. The van der Waals surface area contributed by atoms with Gasteiger partial charge < -0.3 is 5.32 Å². The first-order valence-electron chi connectivity index (χ1n) is 6.67. The molecule has 0 aromatic heterocycles. The van der Waals surface area contributed by atoms with Gasteiger partial charge in [0.05, 0.1) is 12.1 Å². The SMILES string of the molecule is O=C(NC1=NCCS1)c1ccc(-c2ccc(F)cc2)cc1F. The van der Waals surface area contributed by atoms with Gasteiger partial charge in [-0.05, 0) is 35.4 Å². The van der Waals surface area contributed by atoms with Crippen molar-refractivity contribution in [3.8, 4) is 11.1 Å². The third-order valence-electron chi connectivity index (χ3n) is 3.20. The van der Waals surface area contributed by atoms with Crippen LogP contribution in [0.1, 0.15) is 10.4 Å². The molecule has 1 aliphatic heterocycles. The van der Waals surface area contributed by atoms with Gasteiger partial charge in [-0.25, -0.2) is 8.78 Å². The third-order valence-corrected chi connectivity index (χ3v) is 4.09. The lowest BCUT2D eigenvalue weighted by molar-refractivity contribution is 0.0974. The van der Waals surface area contributed by atoms with Crippen molar-refractivity contribution < 1.29 is 13.6 Å². The number of thioether (sulfide) groups is 1. The summed E-state index contributed by atoms with van der Waals surface area (Å²) in [4.78, 5) is 16.1. The average molecular weight is 318 g/mol. The Morgan fingerprint density at radius 1 is 1.09 bits per heavy atom. The van der Waals surface area contributed by atoms with Gasteiger partial charge in [0.2, 0.25) is 0 Å². The van der Waals surface area contributed by atoms with Crippen molar-refractivity contribution in [1.29, 1.82) is 0 Å². The lowest BCUT2D eigenvalue weighted by atomic mass is 10.0. The lowest BCUT2D eigenvalue weighted by Gasteiger charge is -2.07. The van der Waals surface area contributed by atoms with Crippen molar-refractivity contribution in [3.63, 3.8) is 0 Å². The predicted octanol–water partition coefficient (Wildman–Crippen LogP) is 3.46. The standard InChI is InChI=1S/C16H12F2N2OS/c17-12-4-1-10(2-5-12)11-3-6-13(14(18)9-11)15(21)20-16-19-7-8-22-16/h1-6,9H,7-8H2,(H,19,20,21). The van der Waals surface area contributed by atoms with Crippen LogP contribution in [0.3, 0.4) is 0 Å². The van der Waals surface area contributed by atoms with Crippen LogP contribution in [-0.4, -0.2) is 23.4 Å². The second-order valence-electron chi connectivity index (χ2n) is 4.69. The van der Waals surface area contributed by atoms with E-state index >= 15 is 0 Å². The largest absolute Gasteiger partial charge is 0.301 e. The minimum absolute atomic E-state index is 0.0407. The molecule has 1 N–H and O–H groups in total. The molecule has 112 valence electrons. The summed E-state index contributed by atoms with van der Waals surface area (Å²) in [6.45, 7) is 0.659. The van der Waals surface area contributed by atoms with Crippen LogP contribution in [0, 0.1) is 11.6 Å². The van der Waals surface area contributed by atoms with Crippen LogP contribution in [0.5, 0.6) is 0 Å². The first-order valence-corrected chi connectivity index (χ1v) is 7.66. The Kier molecular flexibility index (Phi) is 4.20. The van der Waals surface area contributed by atoms with Crippen LogP contribution in [0.2, 0.25) is 0 Å². The highest BCUT2D eigenvalue weighted by Crippen LogP contribution is 2.22. The number of aliphatic imine (C=N–C) groups is 1. The molecule has 1 aliphatic rings. The van der Waals surface area contributed by atoms with Gasteiger partial charge in [-0.1, -0.05) is 30.0 Å². The summed E-state index contributed by atoms with van der Waals surface area (Å²) in [6.07, 6.45) is 0. The fourth-order valence-corrected chi connectivity index (χ4v) is 2.82. The van der Waals surface area contributed by atoms with E-state index < -0.39 is 11.7 Å². The molecule has 3 nitrogen and oxygen atoms in total. The smallest absolute Gasteiger partial charge is 0.260 e. The summed E-state index contributed by atoms with van der Waals surface area (Å²) in [5.41, 5.74) is 1.23. The maximum Gasteiger partial charge on any atom is 0.260 e. The van der Waals surface area contributed by atoms with E-state index in [1.54, 1.807) is 18.2 Å². The molecule has 0 spiro atoms. The fraction of sp³-hybridized carbons (Fsp3) is 0.125. The Hall–Kier alpha value is -2.21. The van der Waals surface area contributed by atoms with Crippen molar-refractivity contribution >= 4 is 22.8 Å². The van der Waals surface area contributed by atoms with Gasteiger partial charge in [0.25, 0.3) is 5.91 Å². The molecule has 0 unspecified atom stereocenters. The topological polar surface area (TPSA) is 41.5 Å². The molecule has 1 amide bonds. The molecular formula is C16H12F2N2OS. The monoisotopic (exact) mass is 318 g/mol. The van der Waals surface area contributed by atoms with E-state index in [1.807, 2.05) is 0 Å². The molecule has 3 rings (SSSR count). The van der Waals surface area contributed by atoms with Gasteiger partial charge >= 0.3 is 0 Å². The minimum atomic E-state index is -0.622. The van der Waals surface area contributed by atoms with Crippen molar-refractivity contribution in [2.45, 2.75) is 0 Å². The molecule has 0 fully saturated rings. The Morgan fingerprint density at radius 2 is 1.82 bits per heavy atom. The number of carbonyl (C=O) groups is 1. The molecule has 2 aromatic carbocycles. The molecule has 0 saturated carbocycles. The van der Waals surface area contributed by atoms with E-state index in [0.717, 1.165) is 5.75 Å². The van der Waals surface area contributed by atoms with E-state index in [1.165, 1.54) is 36.0 Å². The predicted molar refractivity (Wildman–Crippen MR) is 84.0 cm³/mol. The van der Waals surface area contributed by atoms with Gasteiger partial charge in [0.1, 0.15) is 11.6 Å². The van der Waals surface area contributed by atoms with E-state index in [9.17, 15) is 13.6 Å². The van der Waals surface area contributed by atoms with Gasteiger partial charge in [0.15, 0.2) is 5.17 Å². The summed E-state index contributed by atoms with van der Waals surface area (Å²) in [6, 6.07) is 10.1. The molecule has 6 heteroatoms. The molecule has 22 heavy (non-hydrogen) atoms. The highest BCUT2D eigenvalue weighted by molar-refractivity contribution is 8.14. The van der Waals surface area contributed by atoms with Crippen molar-refractivity contribution in [2.75, 3.05) is 12.3 Å². The maximum atomic E-state index is 14.2. The summed E-state index contributed by atoms with van der Waals surface area (Å²) in [5, 5.41) is 3.11. The first-order chi connectivity index (χ1) is 10.6. The zero-order valence-corrected chi connectivity index (χ0v) is 12.3. The number of carbonyl (C=O) groups excluding carboxylic acids is 1. The number of rotatable bonds is 2. The van der Waals surface area contributed by atoms with Gasteiger partial charge in [-0.2, -0.15) is 0 Å². The van der Waals surface area contributed by atoms with Crippen LogP contribution in [0.25, 0.3) is 11.1 Å². The van der Waals surface area contributed by atoms with Crippen LogP contribution in [-0.2, 0) is 0 Å². The van der Waals surface area contributed by atoms with Crippen molar-refractivity contribution in [3.05, 3.63) is 59.7 Å². The second-order valence-corrected chi connectivity index (χ2v) is 5.77. The molecule has 0 bridgehead atoms. The van der Waals surface area contributed by atoms with E-state index in [0.29, 0.717) is 22.8 Å². The van der Waals surface area contributed by atoms with Crippen LogP contribution < -0.4 is 5.32 Å². The van der Waals surface area contributed by atoms with Crippen LogP contribution in [0.4, 0.5) is 8.78 Å². The number of benzene rings is 2. The highest BCUT2D eigenvalue weighted by atomic mass is 32.2. The Labute approximate surface area is 130 Å². The van der Waals surface area contributed by atoms with Gasteiger partial charge in [0, 0.05) is 5.75 Å². The molecule has 0 saturated heterocycles. The van der Waals surface area contributed by atoms with E-state index in [-0.39, 0.29) is 11.4 Å². The van der Waals surface area contributed by atoms with Gasteiger partial charge in [-0.15, -0.1) is 0 Å². The van der Waals surface area contributed by atoms with E-state index in [4.69, 9.17) is 0 Å². The van der Waals surface area contributed by atoms with Crippen LogP contribution >= 0.6 is 11.8 Å². The highest BCUT2D eigenvalue weighted by Gasteiger charge is 2.16. The number of amides is 1. The van der Waals surface area contributed by atoms with E-state index in [2.05, 4.69) is 10.3 Å². The molecule has 0 atom stereocenters. The lowest BCUT2D eigenvalue weighted by Crippen LogP contribution is -2.28. The summed E-state index contributed by atoms with van der Waals surface area (Å²) in [7, 11) is 0. The zero-order chi connectivity index (χ0) is 15.5. The van der Waals surface area contributed by atoms with Crippen LogP contribution in [0.15, 0.2) is 47.5 Å². The quantitative estimate of drug-likeness (QED) is 0.921. The summed E-state index contributed by atoms with van der Waals surface area (Å²) >= 11 is 1.43. The minimum Gasteiger partial charge on any atom is -0.301 e. The number of halogens is 2. The Balaban J connectivity index is 1.82. The Bertz CT molecular complexity index is 744. The first kappa shape index (κ1) is 14.7.